The van der Waals surface area contributed by atoms with Gasteiger partial charge in [-0.3, -0.25) is 0 Å². The van der Waals surface area contributed by atoms with Gasteiger partial charge >= 0.3 is 5.97 Å². The Morgan fingerprint density at radius 1 is 1.26 bits per heavy atom. The van der Waals surface area contributed by atoms with Crippen molar-refractivity contribution in [3.8, 4) is 0 Å². The molecule has 2 aliphatic carbocycles. The molecule has 1 aromatic heterocycles. The first-order valence-electron chi connectivity index (χ1n) is 7.09. The zero-order valence-corrected chi connectivity index (χ0v) is 11.3. The molecule has 0 amide bonds. The summed E-state index contributed by atoms with van der Waals surface area (Å²) in [6.45, 7) is 3.93. The van der Waals surface area contributed by atoms with Gasteiger partial charge in [0.05, 0.1) is 11.3 Å². The van der Waals surface area contributed by atoms with Crippen molar-refractivity contribution in [2.24, 2.45) is 11.8 Å². The molecule has 2 fully saturated rings. The van der Waals surface area contributed by atoms with Crippen LogP contribution in [0.25, 0.3) is 0 Å². The van der Waals surface area contributed by atoms with Gasteiger partial charge in [0.15, 0.2) is 0 Å². The smallest absolute Gasteiger partial charge is 0.337 e. The Kier molecular flexibility index (Phi) is 3.17. The van der Waals surface area contributed by atoms with Gasteiger partial charge in [-0.15, -0.1) is 0 Å². The van der Waals surface area contributed by atoms with Crippen molar-refractivity contribution >= 4 is 11.8 Å². The second-order valence-corrected chi connectivity index (χ2v) is 5.90. The molecular weight excluding hydrogens is 240 g/mol. The van der Waals surface area contributed by atoms with Crippen molar-refractivity contribution in [2.75, 3.05) is 18.0 Å². The van der Waals surface area contributed by atoms with Crippen LogP contribution in [0.4, 0.5) is 5.82 Å². The topological polar surface area (TPSA) is 53.4 Å². The minimum Gasteiger partial charge on any atom is -0.478 e. The van der Waals surface area contributed by atoms with Gasteiger partial charge in [-0.05, 0) is 56.6 Å². The Bertz CT molecular complexity index is 479. The van der Waals surface area contributed by atoms with Crippen LogP contribution in [0, 0.1) is 18.8 Å². The number of carboxylic acid groups (broad SMARTS) is 1. The van der Waals surface area contributed by atoms with Crippen LogP contribution < -0.4 is 4.90 Å². The lowest BCUT2D eigenvalue weighted by molar-refractivity contribution is 0.0695. The highest BCUT2D eigenvalue weighted by Gasteiger charge is 2.30. The number of aromatic carboxylic acids is 1. The number of carbonyl (C=O) groups is 1. The van der Waals surface area contributed by atoms with E-state index in [9.17, 15) is 4.79 Å². The van der Waals surface area contributed by atoms with E-state index >= 15 is 0 Å². The van der Waals surface area contributed by atoms with Crippen LogP contribution in [0.2, 0.25) is 0 Å². The predicted octanol–water partition coefficient (Wildman–Crippen LogP) is 2.71. The van der Waals surface area contributed by atoms with Crippen molar-refractivity contribution in [3.05, 3.63) is 23.4 Å². The molecule has 102 valence electrons. The first-order valence-corrected chi connectivity index (χ1v) is 7.09. The number of aryl methyl sites for hydroxylation is 1. The van der Waals surface area contributed by atoms with Gasteiger partial charge in [-0.25, -0.2) is 9.78 Å². The minimum absolute atomic E-state index is 0.307. The number of hydrogen-bond donors (Lipinski definition) is 1. The third-order valence-corrected chi connectivity index (χ3v) is 3.98. The average molecular weight is 260 g/mol. The highest BCUT2D eigenvalue weighted by Crippen LogP contribution is 2.35. The molecule has 0 radical (unpaired) electrons. The first kappa shape index (κ1) is 12.5. The molecule has 19 heavy (non-hydrogen) atoms. The molecule has 1 aromatic rings. The van der Waals surface area contributed by atoms with Crippen LogP contribution in [0.15, 0.2) is 12.1 Å². The highest BCUT2D eigenvalue weighted by molar-refractivity contribution is 5.89. The van der Waals surface area contributed by atoms with Gasteiger partial charge in [-0.2, -0.15) is 0 Å². The third kappa shape index (κ3) is 3.06. The second-order valence-electron chi connectivity index (χ2n) is 5.90. The maximum atomic E-state index is 11.0. The summed E-state index contributed by atoms with van der Waals surface area (Å²) in [7, 11) is 0. The largest absolute Gasteiger partial charge is 0.478 e. The molecule has 2 aliphatic rings. The Labute approximate surface area is 113 Å². The van der Waals surface area contributed by atoms with Crippen molar-refractivity contribution in [1.29, 1.82) is 0 Å². The molecule has 0 spiro atoms. The SMILES string of the molecule is Cc1nc(N(CC2CC2)CC2CC2)ccc1C(=O)O. The fourth-order valence-corrected chi connectivity index (χ4v) is 2.44. The average Bonchev–Trinajstić information content (AvgIpc) is 3.22. The maximum Gasteiger partial charge on any atom is 0.337 e. The number of aromatic nitrogens is 1. The lowest BCUT2D eigenvalue weighted by Crippen LogP contribution is -2.29. The molecule has 1 N–H and O–H groups in total. The van der Waals surface area contributed by atoms with E-state index in [1.165, 1.54) is 25.7 Å². The van der Waals surface area contributed by atoms with Gasteiger partial charge in [0.25, 0.3) is 0 Å². The Hall–Kier alpha value is -1.58. The molecule has 2 saturated carbocycles. The zero-order chi connectivity index (χ0) is 13.4. The third-order valence-electron chi connectivity index (χ3n) is 3.98. The summed E-state index contributed by atoms with van der Waals surface area (Å²) in [5.41, 5.74) is 0.920. The quantitative estimate of drug-likeness (QED) is 0.854. The molecule has 3 rings (SSSR count). The van der Waals surface area contributed by atoms with Crippen LogP contribution in [0.1, 0.15) is 41.7 Å². The summed E-state index contributed by atoms with van der Waals surface area (Å²) < 4.78 is 0. The van der Waals surface area contributed by atoms with E-state index in [4.69, 9.17) is 5.11 Å². The van der Waals surface area contributed by atoms with Crippen molar-refractivity contribution < 1.29 is 9.90 Å². The van der Waals surface area contributed by atoms with Crippen LogP contribution in [0.5, 0.6) is 0 Å². The van der Waals surface area contributed by atoms with Crippen LogP contribution in [-0.2, 0) is 0 Å². The molecule has 0 aliphatic heterocycles. The molecule has 0 unspecified atom stereocenters. The number of carboxylic acids is 1. The summed E-state index contributed by atoms with van der Waals surface area (Å²) in [5, 5.41) is 9.05. The Morgan fingerprint density at radius 3 is 2.26 bits per heavy atom. The van der Waals surface area contributed by atoms with E-state index in [0.717, 1.165) is 30.7 Å². The van der Waals surface area contributed by atoms with E-state index in [-0.39, 0.29) is 0 Å². The zero-order valence-electron chi connectivity index (χ0n) is 11.3. The lowest BCUT2D eigenvalue weighted by atomic mass is 10.2. The molecule has 0 aromatic carbocycles. The van der Waals surface area contributed by atoms with E-state index in [1.54, 1.807) is 13.0 Å². The van der Waals surface area contributed by atoms with Crippen LogP contribution in [-0.4, -0.2) is 29.1 Å². The normalized spacial score (nSPS) is 18.4. The second kappa shape index (κ2) is 4.83. The van der Waals surface area contributed by atoms with Gasteiger partial charge in [0.1, 0.15) is 5.82 Å². The Balaban J connectivity index is 1.79. The molecule has 4 heteroatoms. The Morgan fingerprint density at radius 2 is 1.84 bits per heavy atom. The number of anilines is 1. The highest BCUT2D eigenvalue weighted by atomic mass is 16.4. The molecule has 0 saturated heterocycles. The number of nitrogens with zero attached hydrogens (tertiary/aromatic N) is 2. The van der Waals surface area contributed by atoms with Crippen LogP contribution >= 0.6 is 0 Å². The fraction of sp³-hybridized carbons (Fsp3) is 0.600. The summed E-state index contributed by atoms with van der Waals surface area (Å²) in [6, 6.07) is 3.55. The predicted molar refractivity (Wildman–Crippen MR) is 73.6 cm³/mol. The van der Waals surface area contributed by atoms with Crippen molar-refractivity contribution in [2.45, 2.75) is 32.6 Å². The van der Waals surface area contributed by atoms with Gasteiger partial charge in [0.2, 0.25) is 0 Å². The van der Waals surface area contributed by atoms with Gasteiger partial charge in [-0.1, -0.05) is 0 Å². The standard InChI is InChI=1S/C15H20N2O2/c1-10-13(15(18)19)6-7-14(16-10)17(8-11-2-3-11)9-12-4-5-12/h6-7,11-12H,2-5,8-9H2,1H3,(H,18,19). The number of pyridine rings is 1. The van der Waals surface area contributed by atoms with E-state index in [0.29, 0.717) is 11.3 Å². The summed E-state index contributed by atoms with van der Waals surface area (Å²) in [5.74, 6) is 1.69. The monoisotopic (exact) mass is 260 g/mol. The lowest BCUT2D eigenvalue weighted by Gasteiger charge is -2.24. The first-order chi connectivity index (χ1) is 9.13. The number of rotatable bonds is 6. The van der Waals surface area contributed by atoms with Gasteiger partial charge < -0.3 is 10.0 Å². The summed E-state index contributed by atoms with van der Waals surface area (Å²) in [6.07, 6.45) is 5.31. The van der Waals surface area contributed by atoms with Crippen LogP contribution in [0.3, 0.4) is 0 Å². The van der Waals surface area contributed by atoms with E-state index in [1.807, 2.05) is 6.07 Å². The minimum atomic E-state index is -0.896. The maximum absolute atomic E-state index is 11.0. The van der Waals surface area contributed by atoms with Crippen molar-refractivity contribution in [1.82, 2.24) is 4.98 Å². The molecule has 0 bridgehead atoms. The summed E-state index contributed by atoms with van der Waals surface area (Å²) >= 11 is 0. The van der Waals surface area contributed by atoms with E-state index in [2.05, 4.69) is 9.88 Å². The molecule has 0 atom stereocenters. The van der Waals surface area contributed by atoms with Crippen molar-refractivity contribution in [3.63, 3.8) is 0 Å². The van der Waals surface area contributed by atoms with E-state index < -0.39 is 5.97 Å². The molecule has 4 nitrogen and oxygen atoms in total. The molecular formula is C15H20N2O2. The summed E-state index contributed by atoms with van der Waals surface area (Å²) in [4.78, 5) is 17.9. The fourth-order valence-electron chi connectivity index (χ4n) is 2.44. The van der Waals surface area contributed by atoms with Gasteiger partial charge in [0, 0.05) is 13.1 Å². The number of hydrogen-bond acceptors (Lipinski definition) is 3. The molecule has 1 heterocycles.